The molecule has 0 saturated carbocycles. The number of benzene rings is 1. The van der Waals surface area contributed by atoms with Gasteiger partial charge in [-0.05, 0) is 36.1 Å². The second kappa shape index (κ2) is 5.30. The summed E-state index contributed by atoms with van der Waals surface area (Å²) in [6.07, 6.45) is 0. The summed E-state index contributed by atoms with van der Waals surface area (Å²) in [4.78, 5) is 0. The average Bonchev–Trinajstić information content (AvgIpc) is 2.14. The van der Waals surface area contributed by atoms with Gasteiger partial charge in [0.25, 0.3) is 0 Å². The van der Waals surface area contributed by atoms with Gasteiger partial charge in [0.05, 0.1) is 6.61 Å². The van der Waals surface area contributed by atoms with Crippen molar-refractivity contribution in [2.24, 2.45) is 0 Å². The first-order valence-corrected chi connectivity index (χ1v) is 5.62. The molecule has 2 heteroatoms. The van der Waals surface area contributed by atoms with Crippen LogP contribution in [0.5, 0.6) is 5.75 Å². The van der Waals surface area contributed by atoms with Crippen molar-refractivity contribution in [3.05, 3.63) is 29.3 Å². The molecular weight excluding hydrogens is 192 g/mol. The highest BCUT2D eigenvalue weighted by molar-refractivity contribution is 7.80. The van der Waals surface area contributed by atoms with Gasteiger partial charge in [-0.25, -0.2) is 0 Å². The van der Waals surface area contributed by atoms with Crippen LogP contribution in [0, 0.1) is 6.92 Å². The lowest BCUT2D eigenvalue weighted by atomic mass is 9.98. The van der Waals surface area contributed by atoms with E-state index in [0.717, 1.165) is 11.5 Å². The van der Waals surface area contributed by atoms with E-state index in [0.29, 0.717) is 12.5 Å². The highest BCUT2D eigenvalue weighted by Crippen LogP contribution is 2.23. The predicted molar refractivity (Wildman–Crippen MR) is 64.6 cm³/mol. The van der Waals surface area contributed by atoms with Gasteiger partial charge in [-0.1, -0.05) is 19.9 Å². The smallest absolute Gasteiger partial charge is 0.119 e. The molecule has 1 rings (SSSR count). The maximum absolute atomic E-state index is 5.49. The maximum Gasteiger partial charge on any atom is 0.119 e. The van der Waals surface area contributed by atoms with Crippen molar-refractivity contribution in [2.75, 3.05) is 12.4 Å². The normalized spacial score (nSPS) is 10.6. The van der Waals surface area contributed by atoms with E-state index in [-0.39, 0.29) is 0 Å². The lowest BCUT2D eigenvalue weighted by molar-refractivity contribution is 0.344. The third kappa shape index (κ3) is 2.95. The number of aryl methyl sites for hydroxylation is 1. The first-order chi connectivity index (χ1) is 6.65. The third-order valence-corrected chi connectivity index (χ3v) is 2.41. The number of hydrogen-bond acceptors (Lipinski definition) is 2. The Hall–Kier alpha value is -0.630. The Kier molecular flexibility index (Phi) is 4.33. The summed E-state index contributed by atoms with van der Waals surface area (Å²) in [6.45, 7) is 7.21. The molecule has 0 amide bonds. The van der Waals surface area contributed by atoms with Gasteiger partial charge in [0.15, 0.2) is 0 Å². The van der Waals surface area contributed by atoms with E-state index in [9.17, 15) is 0 Å². The van der Waals surface area contributed by atoms with E-state index < -0.39 is 0 Å². The zero-order valence-corrected chi connectivity index (χ0v) is 9.97. The molecule has 0 atom stereocenters. The van der Waals surface area contributed by atoms with Gasteiger partial charge < -0.3 is 4.74 Å². The van der Waals surface area contributed by atoms with Gasteiger partial charge in [0.1, 0.15) is 5.75 Å². The number of ether oxygens (including phenoxy) is 1. The summed E-state index contributed by atoms with van der Waals surface area (Å²) in [6, 6.07) is 6.28. The molecule has 14 heavy (non-hydrogen) atoms. The minimum Gasteiger partial charge on any atom is -0.493 e. The highest BCUT2D eigenvalue weighted by Gasteiger charge is 2.04. The van der Waals surface area contributed by atoms with Gasteiger partial charge in [-0.3, -0.25) is 0 Å². The van der Waals surface area contributed by atoms with Crippen LogP contribution in [0.15, 0.2) is 18.2 Å². The van der Waals surface area contributed by atoms with Crippen molar-refractivity contribution in [3.8, 4) is 5.75 Å². The predicted octanol–water partition coefficient (Wildman–Crippen LogP) is 3.43. The van der Waals surface area contributed by atoms with Crippen LogP contribution in [-0.4, -0.2) is 12.4 Å². The molecule has 0 aliphatic rings. The van der Waals surface area contributed by atoms with Gasteiger partial charge in [-0.2, -0.15) is 12.6 Å². The molecule has 0 aromatic heterocycles. The molecule has 0 aliphatic carbocycles. The average molecular weight is 210 g/mol. The Bertz CT molecular complexity index is 294. The Morgan fingerprint density at radius 3 is 2.57 bits per heavy atom. The molecule has 0 radical (unpaired) electrons. The van der Waals surface area contributed by atoms with Crippen LogP contribution in [0.2, 0.25) is 0 Å². The van der Waals surface area contributed by atoms with Crippen molar-refractivity contribution in [2.45, 2.75) is 26.7 Å². The zero-order valence-electron chi connectivity index (χ0n) is 9.08. The first-order valence-electron chi connectivity index (χ1n) is 4.99. The van der Waals surface area contributed by atoms with Crippen LogP contribution < -0.4 is 4.74 Å². The van der Waals surface area contributed by atoms with Gasteiger partial charge >= 0.3 is 0 Å². The molecule has 0 fully saturated rings. The van der Waals surface area contributed by atoms with Crippen LogP contribution in [0.3, 0.4) is 0 Å². The molecule has 0 unspecified atom stereocenters. The maximum atomic E-state index is 5.49. The van der Waals surface area contributed by atoms with E-state index in [4.69, 9.17) is 4.74 Å². The minimum atomic E-state index is 0.578. The zero-order chi connectivity index (χ0) is 10.6. The van der Waals surface area contributed by atoms with E-state index in [2.05, 4.69) is 45.5 Å². The van der Waals surface area contributed by atoms with Crippen molar-refractivity contribution < 1.29 is 4.74 Å². The van der Waals surface area contributed by atoms with E-state index in [1.54, 1.807) is 0 Å². The summed E-state index contributed by atoms with van der Waals surface area (Å²) >= 11 is 4.10. The summed E-state index contributed by atoms with van der Waals surface area (Å²) in [5.41, 5.74) is 2.69. The molecule has 78 valence electrons. The molecule has 0 aliphatic heterocycles. The highest BCUT2D eigenvalue weighted by atomic mass is 32.1. The molecule has 0 saturated heterocycles. The standard InChI is InChI=1S/C12H18OS/c1-9(2)12-5-4-11(8-10(12)3)13-6-7-14/h4-5,8-9,14H,6-7H2,1-3H3. The van der Waals surface area contributed by atoms with E-state index in [1.165, 1.54) is 11.1 Å². The molecule has 1 nitrogen and oxygen atoms in total. The molecule has 1 aromatic rings. The number of rotatable bonds is 4. The van der Waals surface area contributed by atoms with Gasteiger partial charge in [0, 0.05) is 5.75 Å². The van der Waals surface area contributed by atoms with Crippen LogP contribution >= 0.6 is 12.6 Å². The Morgan fingerprint density at radius 2 is 2.07 bits per heavy atom. The van der Waals surface area contributed by atoms with Crippen molar-refractivity contribution in [3.63, 3.8) is 0 Å². The molecular formula is C12H18OS. The fourth-order valence-electron chi connectivity index (χ4n) is 1.55. The summed E-state index contributed by atoms with van der Waals surface area (Å²) in [7, 11) is 0. The molecule has 1 aromatic carbocycles. The van der Waals surface area contributed by atoms with Crippen LogP contribution in [0.1, 0.15) is 30.9 Å². The fourth-order valence-corrected chi connectivity index (χ4v) is 1.64. The molecule has 0 spiro atoms. The third-order valence-electron chi connectivity index (χ3n) is 2.22. The SMILES string of the molecule is Cc1cc(OCCS)ccc1C(C)C. The topological polar surface area (TPSA) is 9.23 Å². The Labute approximate surface area is 91.9 Å². The second-order valence-electron chi connectivity index (χ2n) is 3.75. The van der Waals surface area contributed by atoms with Crippen molar-refractivity contribution in [1.29, 1.82) is 0 Å². The Morgan fingerprint density at radius 1 is 1.36 bits per heavy atom. The molecule has 0 bridgehead atoms. The van der Waals surface area contributed by atoms with Crippen molar-refractivity contribution >= 4 is 12.6 Å². The lowest BCUT2D eigenvalue weighted by Gasteiger charge is -2.11. The second-order valence-corrected chi connectivity index (χ2v) is 4.19. The largest absolute Gasteiger partial charge is 0.493 e. The van der Waals surface area contributed by atoms with Crippen molar-refractivity contribution in [1.82, 2.24) is 0 Å². The molecule has 0 N–H and O–H groups in total. The monoisotopic (exact) mass is 210 g/mol. The van der Waals surface area contributed by atoms with E-state index in [1.807, 2.05) is 6.07 Å². The number of hydrogen-bond donors (Lipinski definition) is 1. The van der Waals surface area contributed by atoms with Crippen LogP contribution in [0.25, 0.3) is 0 Å². The minimum absolute atomic E-state index is 0.578. The van der Waals surface area contributed by atoms with Crippen LogP contribution in [0.4, 0.5) is 0 Å². The van der Waals surface area contributed by atoms with Gasteiger partial charge in [-0.15, -0.1) is 0 Å². The fraction of sp³-hybridized carbons (Fsp3) is 0.500. The Balaban J connectivity index is 2.78. The first kappa shape index (κ1) is 11.4. The van der Waals surface area contributed by atoms with Crippen LogP contribution in [-0.2, 0) is 0 Å². The summed E-state index contributed by atoms with van der Waals surface area (Å²) in [5.74, 6) is 2.28. The quantitative estimate of drug-likeness (QED) is 0.749. The number of thiol groups is 1. The lowest BCUT2D eigenvalue weighted by Crippen LogP contribution is -1.99. The van der Waals surface area contributed by atoms with Gasteiger partial charge in [0.2, 0.25) is 0 Å². The van der Waals surface area contributed by atoms with E-state index >= 15 is 0 Å². The summed E-state index contributed by atoms with van der Waals surface area (Å²) in [5, 5.41) is 0. The summed E-state index contributed by atoms with van der Waals surface area (Å²) < 4.78 is 5.49. The molecule has 0 heterocycles.